The number of nitrogens with one attached hydrogen (secondary N) is 3. The first-order chi connectivity index (χ1) is 13.9. The number of carboxylic acids is 4. The summed E-state index contributed by atoms with van der Waals surface area (Å²) in [5.74, 6) is -9.33. The molecule has 0 aromatic rings. The Bertz CT molecular complexity index is 709. The normalized spacial score (nSPS) is 13.2. The molecule has 0 radical (unpaired) electrons. The van der Waals surface area contributed by atoms with E-state index in [1.54, 1.807) is 0 Å². The number of hydrogen-bond donors (Lipinski definition) is 8. The van der Waals surface area contributed by atoms with Crippen molar-refractivity contribution in [3.63, 3.8) is 0 Å². The van der Waals surface area contributed by atoms with Gasteiger partial charge in [0.2, 0.25) is 17.7 Å². The Morgan fingerprint density at radius 1 is 0.667 bits per heavy atom. The maximum atomic E-state index is 12.3. The van der Waals surface area contributed by atoms with Crippen LogP contribution in [0.1, 0.15) is 25.7 Å². The van der Waals surface area contributed by atoms with Crippen molar-refractivity contribution in [2.45, 2.75) is 43.8 Å². The van der Waals surface area contributed by atoms with Crippen molar-refractivity contribution in [3.8, 4) is 0 Å². The molecule has 0 aromatic heterocycles. The highest BCUT2D eigenvalue weighted by Gasteiger charge is 2.31. The molecule has 15 heteroatoms. The highest BCUT2D eigenvalue weighted by Crippen LogP contribution is 2.03. The van der Waals surface area contributed by atoms with Crippen LogP contribution in [-0.4, -0.2) is 86.7 Å². The van der Waals surface area contributed by atoms with Crippen molar-refractivity contribution < 1.29 is 54.0 Å². The van der Waals surface area contributed by atoms with E-state index in [0.717, 1.165) is 0 Å². The van der Waals surface area contributed by atoms with Gasteiger partial charge in [0.25, 0.3) is 0 Å². The van der Waals surface area contributed by atoms with Gasteiger partial charge in [0.1, 0.15) is 18.1 Å². The second-order valence-corrected chi connectivity index (χ2v) is 5.91. The van der Waals surface area contributed by atoms with Crippen LogP contribution in [0.4, 0.5) is 0 Å². The summed E-state index contributed by atoms with van der Waals surface area (Å²) in [5.41, 5.74) is 5.08. The Morgan fingerprint density at radius 3 is 1.57 bits per heavy atom. The minimum absolute atomic E-state index is 0.531. The highest BCUT2D eigenvalue weighted by atomic mass is 16.4. The molecule has 15 nitrogen and oxygen atoms in total. The molecule has 0 heterocycles. The number of hydrogen-bond acceptors (Lipinski definition) is 8. The number of carbonyl (C=O) groups is 7. The van der Waals surface area contributed by atoms with Crippen molar-refractivity contribution in [1.29, 1.82) is 0 Å². The first kappa shape index (κ1) is 26.2. The molecule has 0 spiro atoms. The van der Waals surface area contributed by atoms with Crippen molar-refractivity contribution in [1.82, 2.24) is 16.0 Å². The SMILES string of the molecule is NCC(=O)NC(CC(=O)O)C(=O)NC(CCC(=O)O)C(=O)NC(CC(=O)O)C(=O)O. The molecule has 0 aromatic carbocycles. The van der Waals surface area contributed by atoms with E-state index in [0.29, 0.717) is 0 Å². The Morgan fingerprint density at radius 2 is 1.13 bits per heavy atom. The van der Waals surface area contributed by atoms with E-state index >= 15 is 0 Å². The van der Waals surface area contributed by atoms with Gasteiger partial charge in [-0.25, -0.2) is 4.79 Å². The van der Waals surface area contributed by atoms with Crippen LogP contribution in [-0.2, 0) is 33.6 Å². The van der Waals surface area contributed by atoms with Gasteiger partial charge < -0.3 is 42.1 Å². The molecule has 0 rings (SSSR count). The summed E-state index contributed by atoms with van der Waals surface area (Å²) in [4.78, 5) is 79.5. The lowest BCUT2D eigenvalue weighted by Gasteiger charge is -2.23. The Kier molecular flexibility index (Phi) is 11.1. The summed E-state index contributed by atoms with van der Waals surface area (Å²) in [7, 11) is 0. The molecular formula is C15H22N4O11. The van der Waals surface area contributed by atoms with E-state index in [1.807, 2.05) is 16.0 Å². The maximum Gasteiger partial charge on any atom is 0.326 e. The smallest absolute Gasteiger partial charge is 0.326 e. The lowest BCUT2D eigenvalue weighted by molar-refractivity contribution is -0.147. The van der Waals surface area contributed by atoms with Gasteiger partial charge in [-0.3, -0.25) is 28.8 Å². The van der Waals surface area contributed by atoms with Gasteiger partial charge in [0.05, 0.1) is 19.4 Å². The van der Waals surface area contributed by atoms with Gasteiger partial charge >= 0.3 is 23.9 Å². The van der Waals surface area contributed by atoms with Crippen LogP contribution in [0.25, 0.3) is 0 Å². The van der Waals surface area contributed by atoms with Crippen molar-refractivity contribution in [3.05, 3.63) is 0 Å². The van der Waals surface area contributed by atoms with Gasteiger partial charge in [-0.2, -0.15) is 0 Å². The fraction of sp³-hybridized carbons (Fsp3) is 0.533. The van der Waals surface area contributed by atoms with E-state index in [9.17, 15) is 33.6 Å². The summed E-state index contributed by atoms with van der Waals surface area (Å²) in [6, 6.07) is -5.19. The number of carboxylic acid groups (broad SMARTS) is 4. The molecule has 168 valence electrons. The van der Waals surface area contributed by atoms with Crippen LogP contribution in [0.3, 0.4) is 0 Å². The van der Waals surface area contributed by atoms with Crippen LogP contribution in [0.15, 0.2) is 0 Å². The van der Waals surface area contributed by atoms with Crippen LogP contribution < -0.4 is 21.7 Å². The minimum Gasteiger partial charge on any atom is -0.481 e. The van der Waals surface area contributed by atoms with Gasteiger partial charge in [0, 0.05) is 6.42 Å². The molecule has 3 amide bonds. The van der Waals surface area contributed by atoms with Crippen molar-refractivity contribution >= 4 is 41.6 Å². The number of aliphatic carboxylic acids is 4. The molecule has 0 aliphatic heterocycles. The van der Waals surface area contributed by atoms with Crippen molar-refractivity contribution in [2.24, 2.45) is 5.73 Å². The van der Waals surface area contributed by atoms with E-state index in [2.05, 4.69) is 0 Å². The van der Waals surface area contributed by atoms with Crippen molar-refractivity contribution in [2.75, 3.05) is 6.54 Å². The summed E-state index contributed by atoms with van der Waals surface area (Å²) < 4.78 is 0. The highest BCUT2D eigenvalue weighted by molar-refractivity contribution is 5.95. The molecule has 3 atom stereocenters. The topological polar surface area (TPSA) is 263 Å². The lowest BCUT2D eigenvalue weighted by atomic mass is 10.1. The molecule has 3 unspecified atom stereocenters. The molecule has 0 aliphatic rings. The molecule has 0 fully saturated rings. The molecule has 0 saturated carbocycles. The monoisotopic (exact) mass is 434 g/mol. The summed E-state index contributed by atoms with van der Waals surface area (Å²) >= 11 is 0. The van der Waals surface area contributed by atoms with Crippen LogP contribution in [0.2, 0.25) is 0 Å². The maximum absolute atomic E-state index is 12.3. The first-order valence-electron chi connectivity index (χ1n) is 8.35. The Labute approximate surface area is 168 Å². The van der Waals surface area contributed by atoms with E-state index in [-0.39, 0.29) is 0 Å². The number of amides is 3. The average molecular weight is 434 g/mol. The number of nitrogens with two attached hydrogens (primary N) is 1. The zero-order valence-corrected chi connectivity index (χ0v) is 15.5. The summed E-state index contributed by atoms with van der Waals surface area (Å²) in [5, 5.41) is 41.2. The van der Waals surface area contributed by atoms with E-state index in [1.165, 1.54) is 0 Å². The minimum atomic E-state index is -1.87. The molecule has 0 bridgehead atoms. The molecule has 30 heavy (non-hydrogen) atoms. The number of rotatable bonds is 14. The third kappa shape index (κ3) is 10.5. The van der Waals surface area contributed by atoms with E-state index in [4.69, 9.17) is 26.2 Å². The van der Waals surface area contributed by atoms with Gasteiger partial charge in [-0.15, -0.1) is 0 Å². The quantitative estimate of drug-likeness (QED) is 0.131. The molecule has 9 N–H and O–H groups in total. The Balaban J connectivity index is 5.48. The summed E-state index contributed by atoms with van der Waals surface area (Å²) in [6.45, 7) is -0.568. The van der Waals surface area contributed by atoms with Crippen LogP contribution >= 0.6 is 0 Å². The van der Waals surface area contributed by atoms with E-state index < -0.39 is 92.0 Å². The molecule has 0 aliphatic carbocycles. The standard InChI is InChI=1S/C15H22N4O11/c16-5-9(20)17-7(3-11(23)24)14(28)18-6(1-2-10(21)22)13(27)19-8(15(29)30)4-12(25)26/h6-8H,1-5,16H2,(H,17,20)(H,18,28)(H,19,27)(H,21,22)(H,23,24)(H,25,26)(H,29,30). The Hall–Kier alpha value is -3.75. The zero-order chi connectivity index (χ0) is 23.4. The molecular weight excluding hydrogens is 412 g/mol. The predicted molar refractivity (Wildman–Crippen MR) is 93.9 cm³/mol. The largest absolute Gasteiger partial charge is 0.481 e. The molecule has 0 saturated heterocycles. The van der Waals surface area contributed by atoms with Gasteiger partial charge in [-0.1, -0.05) is 0 Å². The van der Waals surface area contributed by atoms with Crippen LogP contribution in [0.5, 0.6) is 0 Å². The second kappa shape index (κ2) is 12.7. The summed E-state index contributed by atoms with van der Waals surface area (Å²) in [6.07, 6.45) is -3.05. The van der Waals surface area contributed by atoms with Crippen LogP contribution in [0, 0.1) is 0 Å². The number of carbonyl (C=O) groups excluding carboxylic acids is 3. The first-order valence-corrected chi connectivity index (χ1v) is 8.35. The fourth-order valence-corrected chi connectivity index (χ4v) is 2.09. The predicted octanol–water partition coefficient (Wildman–Crippen LogP) is -3.70. The second-order valence-electron chi connectivity index (χ2n) is 5.91. The fourth-order valence-electron chi connectivity index (χ4n) is 2.09. The van der Waals surface area contributed by atoms with Gasteiger partial charge in [0.15, 0.2) is 0 Å². The zero-order valence-electron chi connectivity index (χ0n) is 15.5. The third-order valence-electron chi connectivity index (χ3n) is 3.49. The average Bonchev–Trinajstić information content (AvgIpc) is 2.62. The van der Waals surface area contributed by atoms with Gasteiger partial charge in [-0.05, 0) is 6.42 Å². The lowest BCUT2D eigenvalue weighted by Crippen LogP contribution is -2.56. The third-order valence-corrected chi connectivity index (χ3v) is 3.49.